The minimum Gasteiger partial charge on any atom is -0.218 e. The number of aryl methyl sites for hydroxylation is 1. The molecule has 88 valence electrons. The van der Waals surface area contributed by atoms with Crippen LogP contribution in [0.4, 0.5) is 0 Å². The van der Waals surface area contributed by atoms with Crippen molar-refractivity contribution in [2.75, 3.05) is 0 Å². The molecule has 2 aromatic rings. The van der Waals surface area contributed by atoms with Gasteiger partial charge in [0.1, 0.15) is 0 Å². The minimum atomic E-state index is -3.52. The van der Waals surface area contributed by atoms with E-state index in [1.54, 1.807) is 48.5 Å². The van der Waals surface area contributed by atoms with Crippen molar-refractivity contribution in [2.24, 2.45) is 0 Å². The van der Waals surface area contributed by atoms with Gasteiger partial charge in [-0.3, -0.25) is 0 Å². The third-order valence-electron chi connectivity index (χ3n) is 2.43. The van der Waals surface area contributed by atoms with E-state index in [2.05, 4.69) is 0 Å². The highest BCUT2D eigenvalue weighted by atomic mass is 35.5. The van der Waals surface area contributed by atoms with Gasteiger partial charge in [0.2, 0.25) is 9.84 Å². The monoisotopic (exact) mass is 266 g/mol. The first-order chi connectivity index (χ1) is 8.01. The Balaban J connectivity index is 2.61. The van der Waals surface area contributed by atoms with E-state index in [9.17, 15) is 8.42 Å². The van der Waals surface area contributed by atoms with Crippen LogP contribution in [0.5, 0.6) is 0 Å². The average Bonchev–Trinajstić information content (AvgIpc) is 2.29. The zero-order chi connectivity index (χ0) is 12.5. The molecule has 0 bridgehead atoms. The molecule has 0 aliphatic carbocycles. The summed E-state index contributed by atoms with van der Waals surface area (Å²) >= 11 is 5.98. The molecule has 0 heterocycles. The Bertz CT molecular complexity index is 634. The molecular formula is C13H11ClO2S. The molecule has 0 spiro atoms. The van der Waals surface area contributed by atoms with Crippen molar-refractivity contribution in [2.45, 2.75) is 16.7 Å². The van der Waals surface area contributed by atoms with Crippen LogP contribution in [0.25, 0.3) is 0 Å². The van der Waals surface area contributed by atoms with E-state index in [-0.39, 0.29) is 14.8 Å². The molecule has 2 nitrogen and oxygen atoms in total. The van der Waals surface area contributed by atoms with E-state index in [1.807, 2.05) is 6.92 Å². The summed E-state index contributed by atoms with van der Waals surface area (Å²) in [4.78, 5) is 0.404. The van der Waals surface area contributed by atoms with Gasteiger partial charge in [-0.25, -0.2) is 8.42 Å². The Labute approximate surface area is 106 Å². The lowest BCUT2D eigenvalue weighted by Gasteiger charge is -2.07. The van der Waals surface area contributed by atoms with E-state index in [4.69, 9.17) is 11.6 Å². The second-order valence-electron chi connectivity index (χ2n) is 3.75. The molecule has 17 heavy (non-hydrogen) atoms. The molecule has 0 saturated carbocycles. The maximum Gasteiger partial charge on any atom is 0.208 e. The fourth-order valence-electron chi connectivity index (χ4n) is 1.55. The van der Waals surface area contributed by atoms with Crippen LogP contribution in [0.1, 0.15) is 5.56 Å². The lowest BCUT2D eigenvalue weighted by molar-refractivity contribution is 0.596. The smallest absolute Gasteiger partial charge is 0.208 e. The average molecular weight is 267 g/mol. The molecule has 0 saturated heterocycles. The van der Waals surface area contributed by atoms with Gasteiger partial charge in [-0.05, 0) is 36.8 Å². The van der Waals surface area contributed by atoms with Crippen molar-refractivity contribution in [1.82, 2.24) is 0 Å². The number of halogens is 1. The molecule has 0 aliphatic heterocycles. The van der Waals surface area contributed by atoms with Crippen molar-refractivity contribution in [3.05, 3.63) is 59.1 Å². The maximum absolute atomic E-state index is 12.3. The normalized spacial score (nSPS) is 11.4. The molecule has 0 radical (unpaired) electrons. The summed E-state index contributed by atoms with van der Waals surface area (Å²) in [5.41, 5.74) is 0.932. The van der Waals surface area contributed by atoms with E-state index in [0.717, 1.165) is 5.56 Å². The van der Waals surface area contributed by atoms with Crippen LogP contribution in [0.2, 0.25) is 5.02 Å². The van der Waals surface area contributed by atoms with Crippen LogP contribution in [-0.2, 0) is 9.84 Å². The SMILES string of the molecule is Cc1ccc(S(=O)(=O)c2ccccc2)c(Cl)c1. The van der Waals surface area contributed by atoms with Crippen LogP contribution in [0.15, 0.2) is 58.3 Å². The van der Waals surface area contributed by atoms with Crippen LogP contribution in [-0.4, -0.2) is 8.42 Å². The van der Waals surface area contributed by atoms with Crippen molar-refractivity contribution >= 4 is 21.4 Å². The summed E-state index contributed by atoms with van der Waals surface area (Å²) in [5.74, 6) is 0. The Morgan fingerprint density at radius 3 is 2.24 bits per heavy atom. The molecular weight excluding hydrogens is 256 g/mol. The fourth-order valence-corrected chi connectivity index (χ4v) is 3.42. The lowest BCUT2D eigenvalue weighted by atomic mass is 10.2. The van der Waals surface area contributed by atoms with Gasteiger partial charge in [0.05, 0.1) is 14.8 Å². The molecule has 2 aromatic carbocycles. The summed E-state index contributed by atoms with van der Waals surface area (Å²) in [5, 5.41) is 0.258. The second-order valence-corrected chi connectivity index (χ2v) is 6.08. The molecule has 0 aromatic heterocycles. The predicted molar refractivity (Wildman–Crippen MR) is 68.1 cm³/mol. The lowest BCUT2D eigenvalue weighted by Crippen LogP contribution is -2.02. The van der Waals surface area contributed by atoms with E-state index in [0.29, 0.717) is 0 Å². The van der Waals surface area contributed by atoms with Crippen molar-refractivity contribution < 1.29 is 8.42 Å². The quantitative estimate of drug-likeness (QED) is 0.834. The number of benzene rings is 2. The Morgan fingerprint density at radius 2 is 1.65 bits per heavy atom. The molecule has 0 aliphatic rings. The first-order valence-corrected chi connectivity index (χ1v) is 6.94. The first kappa shape index (κ1) is 12.1. The third-order valence-corrected chi connectivity index (χ3v) is 4.68. The number of hydrogen-bond donors (Lipinski definition) is 0. The van der Waals surface area contributed by atoms with E-state index in [1.165, 1.54) is 0 Å². The highest BCUT2D eigenvalue weighted by molar-refractivity contribution is 7.91. The topological polar surface area (TPSA) is 34.1 Å². The van der Waals surface area contributed by atoms with Gasteiger partial charge in [-0.2, -0.15) is 0 Å². The van der Waals surface area contributed by atoms with Gasteiger partial charge in [-0.1, -0.05) is 35.9 Å². The molecule has 0 unspecified atom stereocenters. The summed E-state index contributed by atoms with van der Waals surface area (Å²) < 4.78 is 24.6. The molecule has 0 amide bonds. The highest BCUT2D eigenvalue weighted by Gasteiger charge is 2.20. The number of sulfone groups is 1. The Hall–Kier alpha value is -1.32. The van der Waals surface area contributed by atoms with E-state index < -0.39 is 9.84 Å². The van der Waals surface area contributed by atoms with Gasteiger partial charge in [0.25, 0.3) is 0 Å². The van der Waals surface area contributed by atoms with Gasteiger partial charge in [-0.15, -0.1) is 0 Å². The summed E-state index contributed by atoms with van der Waals surface area (Å²) in [6.45, 7) is 1.87. The highest BCUT2D eigenvalue weighted by Crippen LogP contribution is 2.27. The number of rotatable bonds is 2. The van der Waals surface area contributed by atoms with Crippen molar-refractivity contribution in [1.29, 1.82) is 0 Å². The molecule has 2 rings (SSSR count). The molecule has 0 fully saturated rings. The third kappa shape index (κ3) is 2.35. The van der Waals surface area contributed by atoms with Gasteiger partial charge in [0, 0.05) is 0 Å². The Morgan fingerprint density at radius 1 is 1.00 bits per heavy atom. The summed E-state index contributed by atoms with van der Waals surface area (Å²) in [6, 6.07) is 13.2. The summed E-state index contributed by atoms with van der Waals surface area (Å²) in [7, 11) is -3.52. The first-order valence-electron chi connectivity index (χ1n) is 5.08. The molecule has 0 N–H and O–H groups in total. The van der Waals surface area contributed by atoms with Gasteiger partial charge < -0.3 is 0 Å². The van der Waals surface area contributed by atoms with Crippen molar-refractivity contribution in [3.63, 3.8) is 0 Å². The largest absolute Gasteiger partial charge is 0.218 e. The molecule has 4 heteroatoms. The van der Waals surface area contributed by atoms with Crippen LogP contribution in [0, 0.1) is 6.92 Å². The Kier molecular flexibility index (Phi) is 3.22. The zero-order valence-electron chi connectivity index (χ0n) is 9.22. The number of hydrogen-bond acceptors (Lipinski definition) is 2. The standard InChI is InChI=1S/C13H11ClO2S/c1-10-7-8-13(12(14)9-10)17(15,16)11-5-3-2-4-6-11/h2-9H,1H3. The van der Waals surface area contributed by atoms with Gasteiger partial charge >= 0.3 is 0 Å². The zero-order valence-corrected chi connectivity index (χ0v) is 10.8. The molecule has 0 atom stereocenters. The van der Waals surface area contributed by atoms with Gasteiger partial charge in [0.15, 0.2) is 0 Å². The second kappa shape index (κ2) is 4.51. The predicted octanol–water partition coefficient (Wildman–Crippen LogP) is 3.48. The van der Waals surface area contributed by atoms with Crippen molar-refractivity contribution in [3.8, 4) is 0 Å². The van der Waals surface area contributed by atoms with Crippen LogP contribution < -0.4 is 0 Å². The maximum atomic E-state index is 12.3. The van der Waals surface area contributed by atoms with E-state index >= 15 is 0 Å². The minimum absolute atomic E-state index is 0.149. The summed E-state index contributed by atoms with van der Waals surface area (Å²) in [6.07, 6.45) is 0. The van der Waals surface area contributed by atoms with Crippen LogP contribution in [0.3, 0.4) is 0 Å². The van der Waals surface area contributed by atoms with Crippen LogP contribution >= 0.6 is 11.6 Å². The fraction of sp³-hybridized carbons (Fsp3) is 0.0769.